The van der Waals surface area contributed by atoms with Crippen LogP contribution in [0.1, 0.15) is 36.5 Å². The Hall–Kier alpha value is -3.86. The van der Waals surface area contributed by atoms with E-state index >= 15 is 0 Å². The highest BCUT2D eigenvalue weighted by Gasteiger charge is 2.60. The Morgan fingerprint density at radius 3 is 2.46 bits per heavy atom. The first kappa shape index (κ1) is 24.3. The van der Waals surface area contributed by atoms with Crippen molar-refractivity contribution in [2.24, 2.45) is 22.7 Å². The fraction of sp³-hybridized carbons (Fsp3) is 0.417. The Balaban J connectivity index is 1.99. The molecular weight excluding hydrogens is 458 g/mol. The third kappa shape index (κ3) is 3.29. The predicted octanol–water partition coefficient (Wildman–Crippen LogP) is 0.860. The zero-order chi connectivity index (χ0) is 26.0. The highest BCUT2D eigenvalue weighted by molar-refractivity contribution is 6.22. The minimum Gasteiger partial charge on any atom is -0.508 e. The Morgan fingerprint density at radius 1 is 1.23 bits per heavy atom. The predicted molar refractivity (Wildman–Crippen MR) is 125 cm³/mol. The number of carbonyl (C=O) groups excluding carboxylic acids is 3. The summed E-state index contributed by atoms with van der Waals surface area (Å²) >= 11 is 0. The van der Waals surface area contributed by atoms with Crippen LogP contribution in [0.15, 0.2) is 28.1 Å². The standard InChI is InChI=1S/C24H27N3O8/c1-9(26-35-4)12-8-14(27(2)3)13-6-10-5-11-7-15(28)18(23(25)33)22(32)24(11,34)21(31)16(10)20(30)17(13)19(12)29/h8,10-11,29-30,32,34H,5-7H2,1-4H3,(H2,25,33)/t10-,11+,24+/m1/s1. The van der Waals surface area contributed by atoms with E-state index in [1.165, 1.54) is 7.11 Å². The first-order valence-corrected chi connectivity index (χ1v) is 11.0. The van der Waals surface area contributed by atoms with Gasteiger partial charge in [-0.1, -0.05) is 5.16 Å². The number of phenolic OH excluding ortho intramolecular Hbond substituents is 1. The lowest BCUT2D eigenvalue weighted by atomic mass is 9.59. The Bertz CT molecular complexity index is 1280. The van der Waals surface area contributed by atoms with Crippen LogP contribution in [0.5, 0.6) is 5.75 Å². The number of fused-ring (bicyclic) bond motifs is 3. The summed E-state index contributed by atoms with van der Waals surface area (Å²) in [5, 5.41) is 48.2. The van der Waals surface area contributed by atoms with Gasteiger partial charge >= 0.3 is 0 Å². The summed E-state index contributed by atoms with van der Waals surface area (Å²) in [7, 11) is 4.92. The molecule has 0 heterocycles. The van der Waals surface area contributed by atoms with E-state index in [2.05, 4.69) is 5.16 Å². The number of anilines is 1. The number of hydrogen-bond acceptors (Lipinski definition) is 10. The SMILES string of the molecule is CON=C(C)c1cc(N(C)C)c2c(c1O)C(O)=C1C(=O)[C@]3(O)C(O)=C(C(N)=O)C(=O)C[C@@H]3C[C@@H]1C2. The van der Waals surface area contributed by atoms with Gasteiger partial charge in [-0.3, -0.25) is 14.4 Å². The second kappa shape index (κ2) is 8.12. The van der Waals surface area contributed by atoms with Crippen LogP contribution in [0.3, 0.4) is 0 Å². The van der Waals surface area contributed by atoms with Crippen molar-refractivity contribution in [1.82, 2.24) is 0 Å². The molecule has 1 aromatic carbocycles. The fourth-order valence-electron chi connectivity index (χ4n) is 5.53. The third-order valence-corrected chi connectivity index (χ3v) is 7.14. The zero-order valence-corrected chi connectivity index (χ0v) is 19.7. The number of rotatable bonds is 4. The number of aliphatic hydroxyl groups is 3. The number of aliphatic hydroxyl groups excluding tert-OH is 2. The molecule has 0 saturated heterocycles. The van der Waals surface area contributed by atoms with Gasteiger partial charge in [-0.05, 0) is 37.3 Å². The van der Waals surface area contributed by atoms with Crippen LogP contribution in [0.2, 0.25) is 0 Å². The number of Topliss-reactive ketones (excluding diaryl/α,β-unsaturated/α-hetero) is 2. The summed E-state index contributed by atoms with van der Waals surface area (Å²) in [6.07, 6.45) is -0.0714. The molecule has 186 valence electrons. The molecule has 0 aliphatic heterocycles. The van der Waals surface area contributed by atoms with Crippen molar-refractivity contribution in [3.63, 3.8) is 0 Å². The molecule has 1 saturated carbocycles. The second-order valence-electron chi connectivity index (χ2n) is 9.31. The van der Waals surface area contributed by atoms with Crippen LogP contribution in [-0.4, -0.2) is 70.4 Å². The van der Waals surface area contributed by atoms with E-state index in [9.17, 15) is 34.8 Å². The van der Waals surface area contributed by atoms with E-state index < -0.39 is 52.0 Å². The first-order chi connectivity index (χ1) is 16.4. The van der Waals surface area contributed by atoms with Gasteiger partial charge < -0.3 is 35.9 Å². The Labute approximate surface area is 200 Å². The van der Waals surface area contributed by atoms with Crippen LogP contribution >= 0.6 is 0 Å². The number of oxime groups is 1. The second-order valence-corrected chi connectivity index (χ2v) is 9.31. The molecule has 3 aliphatic rings. The maximum Gasteiger partial charge on any atom is 0.255 e. The number of phenols is 1. The number of hydrogen-bond donors (Lipinski definition) is 5. The van der Waals surface area contributed by atoms with Crippen LogP contribution in [0, 0.1) is 11.8 Å². The number of carbonyl (C=O) groups is 3. The molecule has 1 fully saturated rings. The van der Waals surface area contributed by atoms with E-state index in [1.54, 1.807) is 32.0 Å². The van der Waals surface area contributed by atoms with E-state index in [1.807, 2.05) is 0 Å². The smallest absolute Gasteiger partial charge is 0.255 e. The summed E-state index contributed by atoms with van der Waals surface area (Å²) in [6, 6.07) is 1.70. The van der Waals surface area contributed by atoms with E-state index in [0.717, 1.165) is 0 Å². The molecule has 6 N–H and O–H groups in total. The van der Waals surface area contributed by atoms with Crippen LogP contribution < -0.4 is 10.6 Å². The highest BCUT2D eigenvalue weighted by Crippen LogP contribution is 2.53. The lowest BCUT2D eigenvalue weighted by molar-refractivity contribution is -0.147. The van der Waals surface area contributed by atoms with Gasteiger partial charge in [0.15, 0.2) is 11.4 Å². The van der Waals surface area contributed by atoms with Gasteiger partial charge in [0.25, 0.3) is 5.91 Å². The molecule has 0 aromatic heterocycles. The molecule has 11 heteroatoms. The minimum absolute atomic E-state index is 0.00369. The van der Waals surface area contributed by atoms with Crippen LogP contribution in [-0.2, 0) is 25.6 Å². The zero-order valence-electron chi connectivity index (χ0n) is 19.7. The van der Waals surface area contributed by atoms with E-state index in [-0.39, 0.29) is 41.7 Å². The lowest BCUT2D eigenvalue weighted by Crippen LogP contribution is -2.58. The summed E-state index contributed by atoms with van der Waals surface area (Å²) in [4.78, 5) is 44.4. The van der Waals surface area contributed by atoms with E-state index in [4.69, 9.17) is 10.6 Å². The molecule has 1 aromatic rings. The van der Waals surface area contributed by atoms with Crippen molar-refractivity contribution in [2.45, 2.75) is 31.8 Å². The molecule has 0 spiro atoms. The maximum atomic E-state index is 13.6. The molecule has 11 nitrogen and oxygen atoms in total. The average molecular weight is 485 g/mol. The van der Waals surface area contributed by atoms with Crippen molar-refractivity contribution < 1.29 is 39.6 Å². The summed E-state index contributed by atoms with van der Waals surface area (Å²) in [5.74, 6) is -6.65. The molecule has 1 amide bonds. The van der Waals surface area contributed by atoms with Crippen molar-refractivity contribution >= 4 is 34.6 Å². The number of benzene rings is 1. The van der Waals surface area contributed by atoms with Gasteiger partial charge in [-0.15, -0.1) is 0 Å². The van der Waals surface area contributed by atoms with Gasteiger partial charge in [0.1, 0.15) is 30.0 Å². The third-order valence-electron chi connectivity index (χ3n) is 7.14. The number of primary amides is 1. The van der Waals surface area contributed by atoms with Crippen molar-refractivity contribution in [2.75, 3.05) is 26.1 Å². The fourth-order valence-corrected chi connectivity index (χ4v) is 5.53. The largest absolute Gasteiger partial charge is 0.508 e. The molecule has 0 radical (unpaired) electrons. The van der Waals surface area contributed by atoms with E-state index in [0.29, 0.717) is 17.0 Å². The topological polar surface area (TPSA) is 183 Å². The maximum absolute atomic E-state index is 13.6. The number of aromatic hydroxyl groups is 1. The average Bonchev–Trinajstić information content (AvgIpc) is 2.76. The molecule has 4 rings (SSSR count). The highest BCUT2D eigenvalue weighted by atomic mass is 16.6. The van der Waals surface area contributed by atoms with Crippen LogP contribution in [0.4, 0.5) is 5.69 Å². The summed E-state index contributed by atoms with van der Waals surface area (Å²) in [6.45, 7) is 1.60. The van der Waals surface area contributed by atoms with Crippen LogP contribution in [0.25, 0.3) is 5.76 Å². The van der Waals surface area contributed by atoms with Gasteiger partial charge in [-0.25, -0.2) is 0 Å². The minimum atomic E-state index is -2.60. The number of ketones is 2. The van der Waals surface area contributed by atoms with Gasteiger partial charge in [0, 0.05) is 43.3 Å². The summed E-state index contributed by atoms with van der Waals surface area (Å²) < 4.78 is 0. The van der Waals surface area contributed by atoms with Crippen molar-refractivity contribution in [3.05, 3.63) is 39.7 Å². The van der Waals surface area contributed by atoms with Gasteiger partial charge in [-0.2, -0.15) is 0 Å². The Kier molecular flexibility index (Phi) is 5.63. The lowest BCUT2D eigenvalue weighted by Gasteiger charge is -2.46. The molecule has 0 bridgehead atoms. The first-order valence-electron chi connectivity index (χ1n) is 11.0. The number of amides is 1. The van der Waals surface area contributed by atoms with Gasteiger partial charge in [0.2, 0.25) is 5.78 Å². The molecule has 3 aliphatic carbocycles. The molecule has 3 atom stereocenters. The van der Waals surface area contributed by atoms with Gasteiger partial charge in [0.05, 0.1) is 11.3 Å². The number of nitrogens with zero attached hydrogens (tertiary/aromatic N) is 2. The molecule has 0 unspecified atom stereocenters. The van der Waals surface area contributed by atoms with Crippen molar-refractivity contribution in [1.29, 1.82) is 0 Å². The quantitative estimate of drug-likeness (QED) is 0.234. The van der Waals surface area contributed by atoms with Crippen molar-refractivity contribution in [3.8, 4) is 5.75 Å². The molecular formula is C24H27N3O8. The molecule has 35 heavy (non-hydrogen) atoms. The normalized spacial score (nSPS) is 26.3. The Morgan fingerprint density at radius 2 is 1.89 bits per heavy atom. The number of nitrogens with two attached hydrogens (primary N) is 1. The summed E-state index contributed by atoms with van der Waals surface area (Å²) in [5.41, 5.74) is 3.43. The monoisotopic (exact) mass is 485 g/mol.